The molecule has 3 heterocycles. The molecule has 1 aromatic heterocycles. The molecule has 134 valence electrons. The molecule has 0 unspecified atom stereocenters. The van der Waals surface area contributed by atoms with Gasteiger partial charge in [0.05, 0.1) is 0 Å². The molecule has 5 nitrogen and oxygen atoms in total. The number of aryl methyl sites for hydroxylation is 1. The summed E-state index contributed by atoms with van der Waals surface area (Å²) in [6.07, 6.45) is 4.87. The molecule has 0 aliphatic carbocycles. The van der Waals surface area contributed by atoms with Crippen molar-refractivity contribution in [3.63, 3.8) is 0 Å². The molecule has 2 aromatic rings. The predicted molar refractivity (Wildman–Crippen MR) is 99.5 cm³/mol. The van der Waals surface area contributed by atoms with Crippen molar-refractivity contribution in [2.24, 2.45) is 0 Å². The highest BCUT2D eigenvalue weighted by Crippen LogP contribution is 2.28. The summed E-state index contributed by atoms with van der Waals surface area (Å²) in [5.41, 5.74) is 1.39. The highest BCUT2D eigenvalue weighted by Gasteiger charge is 2.28. The van der Waals surface area contributed by atoms with Gasteiger partial charge in [-0.3, -0.25) is 0 Å². The summed E-state index contributed by atoms with van der Waals surface area (Å²) >= 11 is 0. The molecule has 2 aliphatic heterocycles. The first-order valence-electron chi connectivity index (χ1n) is 9.66. The third-order valence-corrected chi connectivity index (χ3v) is 5.60. The van der Waals surface area contributed by atoms with Crippen LogP contribution in [0.15, 0.2) is 30.3 Å². The van der Waals surface area contributed by atoms with Crippen LogP contribution >= 0.6 is 0 Å². The molecule has 25 heavy (non-hydrogen) atoms. The molecule has 1 aromatic carbocycles. The molecule has 0 N–H and O–H groups in total. The quantitative estimate of drug-likeness (QED) is 0.810. The Bertz CT molecular complexity index is 681. The van der Waals surface area contributed by atoms with Gasteiger partial charge in [0.1, 0.15) is 11.6 Å². The number of nitrogens with zero attached hydrogens (tertiary/aromatic N) is 5. The minimum Gasteiger partial charge on any atom is -0.315 e. The Morgan fingerprint density at radius 2 is 2.00 bits per heavy atom. The molecule has 0 saturated carbocycles. The number of fused-ring (bicyclic) bond motifs is 1. The predicted octanol–water partition coefficient (Wildman–Crippen LogP) is 2.54. The summed E-state index contributed by atoms with van der Waals surface area (Å²) in [4.78, 5) is 5.04. The van der Waals surface area contributed by atoms with Crippen molar-refractivity contribution in [1.29, 1.82) is 0 Å². The van der Waals surface area contributed by atoms with Crippen LogP contribution in [0.3, 0.4) is 0 Å². The van der Waals surface area contributed by atoms with Crippen LogP contribution in [0.2, 0.25) is 0 Å². The van der Waals surface area contributed by atoms with Crippen LogP contribution in [0.1, 0.15) is 42.4 Å². The van der Waals surface area contributed by atoms with Gasteiger partial charge in [0.2, 0.25) is 0 Å². The van der Waals surface area contributed by atoms with E-state index in [2.05, 4.69) is 61.9 Å². The van der Waals surface area contributed by atoms with Gasteiger partial charge in [0, 0.05) is 45.1 Å². The lowest BCUT2D eigenvalue weighted by atomic mass is 9.97. The summed E-state index contributed by atoms with van der Waals surface area (Å²) < 4.78 is 2.38. The zero-order valence-corrected chi connectivity index (χ0v) is 15.3. The van der Waals surface area contributed by atoms with Gasteiger partial charge in [0.25, 0.3) is 0 Å². The molecule has 5 heteroatoms. The van der Waals surface area contributed by atoms with Crippen molar-refractivity contribution in [1.82, 2.24) is 24.6 Å². The van der Waals surface area contributed by atoms with Gasteiger partial charge in [-0.25, -0.2) is 0 Å². The lowest BCUT2D eigenvalue weighted by molar-refractivity contribution is 0.175. The summed E-state index contributed by atoms with van der Waals surface area (Å²) in [6, 6.07) is 10.7. The molecule has 0 radical (unpaired) electrons. The Balaban J connectivity index is 1.29. The van der Waals surface area contributed by atoms with Crippen LogP contribution in [0.25, 0.3) is 0 Å². The van der Waals surface area contributed by atoms with E-state index in [1.54, 1.807) is 0 Å². The van der Waals surface area contributed by atoms with Crippen LogP contribution in [0, 0.1) is 0 Å². The van der Waals surface area contributed by atoms with Crippen LogP contribution in [0.4, 0.5) is 0 Å². The van der Waals surface area contributed by atoms with E-state index < -0.39 is 0 Å². The normalized spacial score (nSPS) is 21.0. The number of likely N-dealkylation sites (N-methyl/N-ethyl adjacent to an activating group) is 1. The molecule has 0 amide bonds. The maximum atomic E-state index is 4.52. The fourth-order valence-electron chi connectivity index (χ4n) is 4.23. The Labute approximate surface area is 150 Å². The summed E-state index contributed by atoms with van der Waals surface area (Å²) in [5.74, 6) is 3.01. The lowest BCUT2D eigenvalue weighted by Crippen LogP contribution is -2.39. The van der Waals surface area contributed by atoms with E-state index in [-0.39, 0.29) is 0 Å². The molecular weight excluding hydrogens is 310 g/mol. The van der Waals surface area contributed by atoms with Gasteiger partial charge >= 0.3 is 0 Å². The third kappa shape index (κ3) is 3.93. The summed E-state index contributed by atoms with van der Waals surface area (Å²) in [5, 5.41) is 8.93. The molecular formula is C20H29N5. The topological polar surface area (TPSA) is 37.2 Å². The zero-order chi connectivity index (χ0) is 17.1. The Morgan fingerprint density at radius 3 is 2.88 bits per heavy atom. The molecule has 1 atom stereocenters. The van der Waals surface area contributed by atoms with Crippen LogP contribution < -0.4 is 0 Å². The first kappa shape index (κ1) is 16.7. The smallest absolute Gasteiger partial charge is 0.137 e. The van der Waals surface area contributed by atoms with Crippen molar-refractivity contribution in [3.8, 4) is 0 Å². The molecule has 4 rings (SSSR count). The molecule has 1 saturated heterocycles. The lowest BCUT2D eigenvalue weighted by Gasteiger charge is -2.33. The Morgan fingerprint density at radius 1 is 1.12 bits per heavy atom. The van der Waals surface area contributed by atoms with Crippen LogP contribution in [-0.2, 0) is 19.5 Å². The first-order valence-corrected chi connectivity index (χ1v) is 9.66. The fourth-order valence-corrected chi connectivity index (χ4v) is 4.23. The van der Waals surface area contributed by atoms with E-state index in [0.29, 0.717) is 5.92 Å². The van der Waals surface area contributed by atoms with E-state index in [0.717, 1.165) is 39.1 Å². The van der Waals surface area contributed by atoms with Crippen LogP contribution in [0.5, 0.6) is 0 Å². The van der Waals surface area contributed by atoms with E-state index in [1.807, 2.05) is 0 Å². The van der Waals surface area contributed by atoms with Gasteiger partial charge in [-0.15, -0.1) is 10.2 Å². The van der Waals surface area contributed by atoms with Gasteiger partial charge in [-0.1, -0.05) is 30.3 Å². The number of hydrogen-bond acceptors (Lipinski definition) is 4. The highest BCUT2D eigenvalue weighted by molar-refractivity contribution is 5.14. The zero-order valence-electron chi connectivity index (χ0n) is 15.3. The second-order valence-electron chi connectivity index (χ2n) is 7.59. The van der Waals surface area contributed by atoms with Gasteiger partial charge in [-0.05, 0) is 38.4 Å². The number of piperidine rings is 1. The van der Waals surface area contributed by atoms with Crippen molar-refractivity contribution in [2.75, 3.05) is 33.2 Å². The number of aromatic nitrogens is 3. The maximum absolute atomic E-state index is 4.52. The second-order valence-corrected chi connectivity index (χ2v) is 7.59. The average Bonchev–Trinajstić information content (AvgIpc) is 3.25. The van der Waals surface area contributed by atoms with E-state index in [1.165, 1.54) is 43.0 Å². The SMILES string of the molecule is CN(CCN1CCC[C@@H](c2nnc3n2CCC3)C1)Cc1ccccc1. The molecule has 0 bridgehead atoms. The molecule has 2 aliphatic rings. The van der Waals surface area contributed by atoms with Gasteiger partial charge in [0.15, 0.2) is 0 Å². The minimum atomic E-state index is 0.563. The Kier molecular flexibility index (Phi) is 5.13. The Hall–Kier alpha value is -1.72. The van der Waals surface area contributed by atoms with E-state index >= 15 is 0 Å². The maximum Gasteiger partial charge on any atom is 0.137 e. The summed E-state index contributed by atoms with van der Waals surface area (Å²) in [7, 11) is 2.22. The number of hydrogen-bond donors (Lipinski definition) is 0. The van der Waals surface area contributed by atoms with Crippen LogP contribution in [-0.4, -0.2) is 57.8 Å². The number of rotatable bonds is 6. The van der Waals surface area contributed by atoms with Gasteiger partial charge in [-0.2, -0.15) is 0 Å². The van der Waals surface area contributed by atoms with Gasteiger partial charge < -0.3 is 14.4 Å². The number of benzene rings is 1. The minimum absolute atomic E-state index is 0.563. The largest absolute Gasteiger partial charge is 0.315 e. The van der Waals surface area contributed by atoms with E-state index in [9.17, 15) is 0 Å². The van der Waals surface area contributed by atoms with Crippen molar-refractivity contribution >= 4 is 0 Å². The average molecular weight is 339 g/mol. The third-order valence-electron chi connectivity index (χ3n) is 5.60. The van der Waals surface area contributed by atoms with E-state index in [4.69, 9.17) is 0 Å². The fraction of sp³-hybridized carbons (Fsp3) is 0.600. The van der Waals surface area contributed by atoms with Crippen molar-refractivity contribution < 1.29 is 0 Å². The van der Waals surface area contributed by atoms with Crippen molar-refractivity contribution in [3.05, 3.63) is 47.5 Å². The van der Waals surface area contributed by atoms with Crippen molar-refractivity contribution in [2.45, 2.75) is 44.7 Å². The highest BCUT2D eigenvalue weighted by atomic mass is 15.3. The standard InChI is InChI=1S/C20H29N5/c1-23(15-17-7-3-2-4-8-17)13-14-24-11-5-9-18(16-24)20-22-21-19-10-6-12-25(19)20/h2-4,7-8,18H,5-6,9-16H2,1H3/t18-/m1/s1. The first-order chi connectivity index (χ1) is 12.3. The number of likely N-dealkylation sites (tertiary alicyclic amines) is 1. The summed E-state index contributed by atoms with van der Waals surface area (Å²) in [6.45, 7) is 6.75. The molecule has 1 fully saturated rings. The molecule has 0 spiro atoms. The monoisotopic (exact) mass is 339 g/mol. The second kappa shape index (κ2) is 7.67.